The number of ether oxygens (including phenoxy) is 1. The molecule has 0 spiro atoms. The predicted molar refractivity (Wildman–Crippen MR) is 50.0 cm³/mol. The second-order valence-corrected chi connectivity index (χ2v) is 5.56. The van der Waals surface area contributed by atoms with E-state index >= 15 is 0 Å². The highest BCUT2D eigenvalue weighted by atomic mass is 32.2. The quantitative estimate of drug-likeness (QED) is 0.599. The summed E-state index contributed by atoms with van der Waals surface area (Å²) < 4.78 is 28.8. The Morgan fingerprint density at radius 3 is 2.83 bits per heavy atom. The van der Waals surface area contributed by atoms with Gasteiger partial charge in [0.05, 0.1) is 19.5 Å². The molecule has 0 aliphatic carbocycles. The Bertz CT molecular complexity index is 239. The first-order valence-electron chi connectivity index (χ1n) is 3.71. The molecule has 1 atom stereocenters. The fraction of sp³-hybridized carbons (Fsp3) is 1.00. The molecule has 1 unspecified atom stereocenters. The van der Waals surface area contributed by atoms with Crippen LogP contribution in [0.15, 0.2) is 0 Å². The van der Waals surface area contributed by atoms with Crippen molar-refractivity contribution in [1.29, 1.82) is 0 Å². The van der Waals surface area contributed by atoms with Gasteiger partial charge in [0.15, 0.2) is 0 Å². The average Bonchev–Trinajstić information content (AvgIpc) is 2.11. The van der Waals surface area contributed by atoms with Crippen LogP contribution in [0.25, 0.3) is 0 Å². The molecule has 72 valence electrons. The second-order valence-electron chi connectivity index (χ2n) is 2.85. The molecule has 0 saturated carbocycles. The molecule has 1 aliphatic rings. The van der Waals surface area contributed by atoms with Crippen molar-refractivity contribution in [1.82, 2.24) is 4.31 Å². The molecule has 0 N–H and O–H groups in total. The topological polar surface area (TPSA) is 46.6 Å². The highest BCUT2D eigenvalue weighted by Crippen LogP contribution is 2.08. The van der Waals surface area contributed by atoms with Crippen LogP contribution in [0.3, 0.4) is 0 Å². The highest BCUT2D eigenvalue weighted by Gasteiger charge is 2.22. The van der Waals surface area contributed by atoms with Gasteiger partial charge in [-0.05, 0) is 0 Å². The summed E-state index contributed by atoms with van der Waals surface area (Å²) in [7, 11) is -3.08. The van der Waals surface area contributed by atoms with Gasteiger partial charge in [-0.2, -0.15) is 16.9 Å². The maximum Gasteiger partial charge on any atom is 0.211 e. The third-order valence-corrected chi connectivity index (χ3v) is 3.26. The molecular formula is C6H13NO3S2. The Balaban J connectivity index is 2.65. The standard InChI is InChI=1S/C6H13NO3S2/c1-12(8,9)7-2-3-10-5-6(11)4-7/h6,11H,2-5H2,1H3. The molecule has 0 bridgehead atoms. The van der Waals surface area contributed by atoms with E-state index in [1.165, 1.54) is 10.6 Å². The van der Waals surface area contributed by atoms with Gasteiger partial charge < -0.3 is 4.74 Å². The lowest BCUT2D eigenvalue weighted by molar-refractivity contribution is 0.150. The molecule has 0 aromatic heterocycles. The van der Waals surface area contributed by atoms with Crippen LogP contribution in [0.1, 0.15) is 0 Å². The van der Waals surface area contributed by atoms with Crippen molar-refractivity contribution in [3.05, 3.63) is 0 Å². The Kier molecular flexibility index (Phi) is 3.39. The normalized spacial score (nSPS) is 28.3. The maximum absolute atomic E-state index is 11.1. The second kappa shape index (κ2) is 3.95. The van der Waals surface area contributed by atoms with Crippen LogP contribution in [0.4, 0.5) is 0 Å². The lowest BCUT2D eigenvalue weighted by atomic mass is 10.4. The van der Waals surface area contributed by atoms with Gasteiger partial charge in [0.1, 0.15) is 0 Å². The average molecular weight is 211 g/mol. The minimum atomic E-state index is -3.08. The summed E-state index contributed by atoms with van der Waals surface area (Å²) in [5.41, 5.74) is 0. The van der Waals surface area contributed by atoms with E-state index in [-0.39, 0.29) is 5.25 Å². The first-order valence-corrected chi connectivity index (χ1v) is 6.07. The first-order chi connectivity index (χ1) is 5.50. The summed E-state index contributed by atoms with van der Waals surface area (Å²) >= 11 is 4.19. The molecule has 1 rings (SSSR count). The molecule has 0 aromatic carbocycles. The van der Waals surface area contributed by atoms with Crippen molar-refractivity contribution in [2.45, 2.75) is 5.25 Å². The molecule has 1 aliphatic heterocycles. The molecule has 6 heteroatoms. The molecule has 1 heterocycles. The highest BCUT2D eigenvalue weighted by molar-refractivity contribution is 7.88. The van der Waals surface area contributed by atoms with Crippen molar-refractivity contribution in [3.8, 4) is 0 Å². The van der Waals surface area contributed by atoms with Gasteiger partial charge in [-0.25, -0.2) is 8.42 Å². The van der Waals surface area contributed by atoms with Gasteiger partial charge >= 0.3 is 0 Å². The van der Waals surface area contributed by atoms with Crippen LogP contribution in [-0.4, -0.2) is 50.5 Å². The number of hydrogen-bond donors (Lipinski definition) is 1. The Hall–Kier alpha value is 0.220. The summed E-state index contributed by atoms with van der Waals surface area (Å²) in [6.07, 6.45) is 1.21. The van der Waals surface area contributed by atoms with Crippen LogP contribution >= 0.6 is 12.6 Å². The van der Waals surface area contributed by atoms with Crippen molar-refractivity contribution < 1.29 is 13.2 Å². The largest absolute Gasteiger partial charge is 0.379 e. The van der Waals surface area contributed by atoms with Crippen molar-refractivity contribution in [2.75, 3.05) is 32.6 Å². The van der Waals surface area contributed by atoms with E-state index in [2.05, 4.69) is 12.6 Å². The minimum Gasteiger partial charge on any atom is -0.379 e. The third kappa shape index (κ3) is 2.93. The molecular weight excluding hydrogens is 198 g/mol. The zero-order valence-electron chi connectivity index (χ0n) is 6.93. The van der Waals surface area contributed by atoms with Gasteiger partial charge in [-0.3, -0.25) is 0 Å². The van der Waals surface area contributed by atoms with E-state index in [0.717, 1.165) is 0 Å². The van der Waals surface area contributed by atoms with E-state index in [1.54, 1.807) is 0 Å². The van der Waals surface area contributed by atoms with Gasteiger partial charge in [-0.1, -0.05) is 0 Å². The number of thiol groups is 1. The molecule has 1 fully saturated rings. The van der Waals surface area contributed by atoms with Crippen LogP contribution in [0, 0.1) is 0 Å². The smallest absolute Gasteiger partial charge is 0.211 e. The lowest BCUT2D eigenvalue weighted by Crippen LogP contribution is -2.35. The summed E-state index contributed by atoms with van der Waals surface area (Å²) in [5.74, 6) is 0. The van der Waals surface area contributed by atoms with E-state index in [0.29, 0.717) is 26.3 Å². The number of hydrogen-bond acceptors (Lipinski definition) is 4. The third-order valence-electron chi connectivity index (χ3n) is 1.68. The number of sulfonamides is 1. The van der Waals surface area contributed by atoms with Crippen molar-refractivity contribution in [2.24, 2.45) is 0 Å². The van der Waals surface area contributed by atoms with E-state index in [1.807, 2.05) is 0 Å². The Labute approximate surface area is 78.3 Å². The maximum atomic E-state index is 11.1. The summed E-state index contributed by atoms with van der Waals surface area (Å²) in [4.78, 5) is 0. The van der Waals surface area contributed by atoms with E-state index in [4.69, 9.17) is 4.74 Å². The molecule has 4 nitrogen and oxygen atoms in total. The molecule has 12 heavy (non-hydrogen) atoms. The molecule has 1 saturated heterocycles. The SMILES string of the molecule is CS(=O)(=O)N1CCOCC(S)C1. The number of nitrogens with zero attached hydrogens (tertiary/aromatic N) is 1. The van der Waals surface area contributed by atoms with E-state index < -0.39 is 10.0 Å². The first kappa shape index (κ1) is 10.3. The van der Waals surface area contributed by atoms with Crippen LogP contribution in [-0.2, 0) is 14.8 Å². The monoisotopic (exact) mass is 211 g/mol. The molecule has 0 aromatic rings. The van der Waals surface area contributed by atoms with Crippen molar-refractivity contribution in [3.63, 3.8) is 0 Å². The fourth-order valence-electron chi connectivity index (χ4n) is 1.07. The van der Waals surface area contributed by atoms with Crippen LogP contribution in [0.2, 0.25) is 0 Å². The molecule has 0 radical (unpaired) electrons. The Morgan fingerprint density at radius 1 is 1.58 bits per heavy atom. The summed E-state index contributed by atoms with van der Waals surface area (Å²) in [5, 5.41) is -0.0118. The fourth-order valence-corrected chi connectivity index (χ4v) is 2.34. The number of rotatable bonds is 1. The van der Waals surface area contributed by atoms with Gasteiger partial charge in [0.25, 0.3) is 0 Å². The van der Waals surface area contributed by atoms with E-state index in [9.17, 15) is 8.42 Å². The molecule has 0 amide bonds. The summed E-state index contributed by atoms with van der Waals surface area (Å²) in [6, 6.07) is 0. The predicted octanol–water partition coefficient (Wildman–Crippen LogP) is -0.423. The summed E-state index contributed by atoms with van der Waals surface area (Å²) in [6.45, 7) is 1.87. The minimum absolute atomic E-state index is 0.0118. The van der Waals surface area contributed by atoms with Gasteiger partial charge in [-0.15, -0.1) is 0 Å². The Morgan fingerprint density at radius 2 is 2.25 bits per heavy atom. The lowest BCUT2D eigenvalue weighted by Gasteiger charge is -2.17. The van der Waals surface area contributed by atoms with Crippen LogP contribution < -0.4 is 0 Å². The van der Waals surface area contributed by atoms with Gasteiger partial charge in [0.2, 0.25) is 10.0 Å². The van der Waals surface area contributed by atoms with Crippen LogP contribution in [0.5, 0.6) is 0 Å². The van der Waals surface area contributed by atoms with Gasteiger partial charge in [0, 0.05) is 18.3 Å². The zero-order chi connectivity index (χ0) is 9.19. The zero-order valence-corrected chi connectivity index (χ0v) is 8.64. The van der Waals surface area contributed by atoms with Crippen molar-refractivity contribution >= 4 is 22.7 Å².